The van der Waals surface area contributed by atoms with Crippen molar-refractivity contribution in [2.45, 2.75) is 26.3 Å². The van der Waals surface area contributed by atoms with Crippen LogP contribution in [0.25, 0.3) is 10.2 Å². The normalized spacial score (nSPS) is 27.0. The fourth-order valence-corrected chi connectivity index (χ4v) is 5.30. The Hall–Kier alpha value is -1.50. The summed E-state index contributed by atoms with van der Waals surface area (Å²) < 4.78 is 1.28. The molecule has 5 nitrogen and oxygen atoms in total. The molecule has 2 saturated heterocycles. The molecule has 1 aromatic carbocycles. The number of piperidine rings is 1. The zero-order valence-electron chi connectivity index (χ0n) is 15.7. The molecule has 6 heteroatoms. The minimum absolute atomic E-state index is 0.362. The summed E-state index contributed by atoms with van der Waals surface area (Å²) in [5, 5.41) is 1.24. The first-order valence-corrected chi connectivity index (χ1v) is 10.8. The number of rotatable bonds is 4. The van der Waals surface area contributed by atoms with E-state index in [9.17, 15) is 4.79 Å². The van der Waals surface area contributed by atoms with Gasteiger partial charge < -0.3 is 14.7 Å². The number of para-hydroxylation sites is 1. The molecule has 2 aromatic rings. The number of amides is 1. The van der Waals surface area contributed by atoms with Crippen LogP contribution >= 0.6 is 11.3 Å². The summed E-state index contributed by atoms with van der Waals surface area (Å²) in [6, 6.07) is 8.39. The van der Waals surface area contributed by atoms with E-state index in [4.69, 9.17) is 4.98 Å². The number of hydrogen-bond donors (Lipinski definition) is 2. The maximum Gasteiger partial charge on any atom is 0.277 e. The molecule has 0 aliphatic carbocycles. The van der Waals surface area contributed by atoms with Crippen LogP contribution in [0, 0.1) is 5.92 Å². The van der Waals surface area contributed by atoms with Gasteiger partial charge in [-0.15, -0.1) is 11.3 Å². The Bertz CT molecular complexity index is 720. The first-order valence-electron chi connectivity index (χ1n) is 9.97. The number of piperazine rings is 1. The van der Waals surface area contributed by atoms with E-state index in [1.54, 1.807) is 4.90 Å². The van der Waals surface area contributed by atoms with E-state index in [0.717, 1.165) is 51.3 Å². The molecule has 1 aromatic heterocycles. The Morgan fingerprint density at radius 2 is 2.00 bits per heavy atom. The largest absolute Gasteiger partial charge is 0.338 e. The molecule has 0 bridgehead atoms. The first-order chi connectivity index (χ1) is 12.7. The summed E-state index contributed by atoms with van der Waals surface area (Å²) in [6.45, 7) is 10.3. The third-order valence-corrected chi connectivity index (χ3v) is 6.85. The maximum atomic E-state index is 12.6. The molecule has 0 unspecified atom stereocenters. The van der Waals surface area contributed by atoms with Gasteiger partial charge in [0.25, 0.3) is 5.91 Å². The van der Waals surface area contributed by atoms with Gasteiger partial charge in [-0.3, -0.25) is 4.79 Å². The third-order valence-electron chi connectivity index (χ3n) is 5.81. The molecule has 2 fully saturated rings. The molecule has 1 atom stereocenters. The Kier molecular flexibility index (Phi) is 5.52. The molecular weight excluding hydrogens is 344 g/mol. The highest BCUT2D eigenvalue weighted by Crippen LogP contribution is 2.20. The van der Waals surface area contributed by atoms with Crippen LogP contribution in [0.1, 0.15) is 24.8 Å². The van der Waals surface area contributed by atoms with E-state index in [-0.39, 0.29) is 0 Å². The van der Waals surface area contributed by atoms with Gasteiger partial charge in [0.15, 0.2) is 6.54 Å². The average molecular weight is 375 g/mol. The number of thiazole rings is 1. The fraction of sp³-hybridized carbons (Fsp3) is 0.600. The van der Waals surface area contributed by atoms with E-state index < -0.39 is 0 Å². The zero-order chi connectivity index (χ0) is 17.9. The highest BCUT2D eigenvalue weighted by Gasteiger charge is 2.28. The second-order valence-corrected chi connectivity index (χ2v) is 9.13. The summed E-state index contributed by atoms with van der Waals surface area (Å²) in [4.78, 5) is 22.5. The van der Waals surface area contributed by atoms with E-state index in [2.05, 4.69) is 36.1 Å². The van der Waals surface area contributed by atoms with Crippen LogP contribution in [0.15, 0.2) is 24.3 Å². The number of quaternary nitrogens is 2. The summed E-state index contributed by atoms with van der Waals surface area (Å²) in [6.07, 6.45) is 2.44. The molecular formula is C20H30N4OS+2. The first kappa shape index (κ1) is 17.9. The molecule has 4 rings (SSSR count). The lowest BCUT2D eigenvalue weighted by molar-refractivity contribution is -1.02. The number of nitrogens with zero attached hydrogens (tertiary/aromatic N) is 2. The van der Waals surface area contributed by atoms with E-state index in [1.165, 1.54) is 27.4 Å². The van der Waals surface area contributed by atoms with Gasteiger partial charge in [-0.25, -0.2) is 4.98 Å². The predicted octanol–water partition coefficient (Wildman–Crippen LogP) is -0.162. The van der Waals surface area contributed by atoms with Crippen LogP contribution in [0.4, 0.5) is 0 Å². The second kappa shape index (κ2) is 8.03. The number of nitrogens with one attached hydrogen (secondary N) is 2. The number of fused-ring (bicyclic) bond motifs is 1. The summed E-state index contributed by atoms with van der Waals surface area (Å²) >= 11 is 1.82. The van der Waals surface area contributed by atoms with Crippen molar-refractivity contribution >= 4 is 27.5 Å². The molecule has 140 valence electrons. The minimum Gasteiger partial charge on any atom is -0.338 e. The third kappa shape index (κ3) is 4.24. The Morgan fingerprint density at radius 1 is 1.23 bits per heavy atom. The SMILES string of the molecule is C[C@H]1CCCN(C(=O)C[NH+]2CC[NH+](Cc3nc4ccccc4s3)CC2)C1. The molecule has 2 aliphatic heterocycles. The maximum absolute atomic E-state index is 12.6. The topological polar surface area (TPSA) is 42.1 Å². The van der Waals surface area contributed by atoms with Gasteiger partial charge in [-0.1, -0.05) is 19.1 Å². The van der Waals surface area contributed by atoms with E-state index >= 15 is 0 Å². The second-order valence-electron chi connectivity index (χ2n) is 8.02. The monoisotopic (exact) mass is 374 g/mol. The van der Waals surface area contributed by atoms with Gasteiger partial charge in [-0.05, 0) is 30.9 Å². The molecule has 1 amide bonds. The number of likely N-dealkylation sites (tertiary alicyclic amines) is 1. The van der Waals surface area contributed by atoms with Crippen molar-refractivity contribution in [3.63, 3.8) is 0 Å². The van der Waals surface area contributed by atoms with Crippen molar-refractivity contribution in [3.05, 3.63) is 29.3 Å². The summed E-state index contributed by atoms with van der Waals surface area (Å²) in [7, 11) is 0. The van der Waals surface area contributed by atoms with Crippen molar-refractivity contribution in [2.24, 2.45) is 5.92 Å². The Balaban J connectivity index is 1.25. The van der Waals surface area contributed by atoms with Crippen molar-refractivity contribution in [2.75, 3.05) is 45.8 Å². The minimum atomic E-state index is 0.362. The molecule has 26 heavy (non-hydrogen) atoms. The lowest BCUT2D eigenvalue weighted by atomic mass is 10.0. The summed E-state index contributed by atoms with van der Waals surface area (Å²) in [5.74, 6) is 1.03. The fourth-order valence-electron chi connectivity index (χ4n) is 4.26. The van der Waals surface area contributed by atoms with E-state index in [1.807, 2.05) is 11.3 Å². The molecule has 3 heterocycles. The van der Waals surface area contributed by atoms with Crippen LogP contribution < -0.4 is 9.80 Å². The molecule has 2 aliphatic rings. The molecule has 0 saturated carbocycles. The van der Waals surface area contributed by atoms with Gasteiger partial charge >= 0.3 is 0 Å². The highest BCUT2D eigenvalue weighted by molar-refractivity contribution is 7.18. The Labute approximate surface area is 159 Å². The predicted molar refractivity (Wildman–Crippen MR) is 105 cm³/mol. The van der Waals surface area contributed by atoms with Crippen LogP contribution in [0.5, 0.6) is 0 Å². The van der Waals surface area contributed by atoms with Crippen LogP contribution in [-0.2, 0) is 11.3 Å². The van der Waals surface area contributed by atoms with Gasteiger partial charge in [-0.2, -0.15) is 0 Å². The van der Waals surface area contributed by atoms with Crippen LogP contribution in [0.2, 0.25) is 0 Å². The number of carbonyl (C=O) groups excluding carboxylic acids is 1. The van der Waals surface area contributed by atoms with Crippen molar-refractivity contribution in [1.29, 1.82) is 0 Å². The van der Waals surface area contributed by atoms with Gasteiger partial charge in [0, 0.05) is 13.1 Å². The van der Waals surface area contributed by atoms with Gasteiger partial charge in [0.1, 0.15) is 37.7 Å². The Morgan fingerprint density at radius 3 is 2.77 bits per heavy atom. The van der Waals surface area contributed by atoms with Crippen LogP contribution in [0.3, 0.4) is 0 Å². The molecule has 0 radical (unpaired) electrons. The van der Waals surface area contributed by atoms with Crippen molar-refractivity contribution < 1.29 is 14.6 Å². The lowest BCUT2D eigenvalue weighted by Gasteiger charge is -2.33. The number of aromatic nitrogens is 1. The zero-order valence-corrected chi connectivity index (χ0v) is 16.5. The molecule has 0 spiro atoms. The number of carbonyl (C=O) groups is 1. The average Bonchev–Trinajstić information content (AvgIpc) is 3.05. The highest BCUT2D eigenvalue weighted by atomic mass is 32.1. The molecule has 2 N–H and O–H groups in total. The quantitative estimate of drug-likeness (QED) is 0.781. The number of hydrogen-bond acceptors (Lipinski definition) is 3. The van der Waals surface area contributed by atoms with Gasteiger partial charge in [0.05, 0.1) is 10.2 Å². The van der Waals surface area contributed by atoms with Crippen molar-refractivity contribution in [3.8, 4) is 0 Å². The number of benzene rings is 1. The van der Waals surface area contributed by atoms with Crippen LogP contribution in [-0.4, -0.2) is 61.6 Å². The standard InChI is InChI=1S/C20H28N4OS/c1-16-5-4-8-24(13-16)20(25)15-23-11-9-22(10-12-23)14-19-21-17-6-2-3-7-18(17)26-19/h2-3,6-7,16H,4-5,8-15H2,1H3/p+2/t16-/m0/s1. The van der Waals surface area contributed by atoms with Gasteiger partial charge in [0.2, 0.25) is 0 Å². The van der Waals surface area contributed by atoms with Crippen molar-refractivity contribution in [1.82, 2.24) is 9.88 Å². The smallest absolute Gasteiger partial charge is 0.277 e. The summed E-state index contributed by atoms with van der Waals surface area (Å²) in [5.41, 5.74) is 1.12. The van der Waals surface area contributed by atoms with E-state index in [0.29, 0.717) is 18.4 Å². The lowest BCUT2D eigenvalue weighted by Crippen LogP contribution is -3.28.